The van der Waals surface area contributed by atoms with E-state index in [4.69, 9.17) is 0 Å². The van der Waals surface area contributed by atoms with E-state index >= 15 is 0 Å². The van der Waals surface area contributed by atoms with Gasteiger partial charge in [0.25, 0.3) is 0 Å². The van der Waals surface area contributed by atoms with Gasteiger partial charge in [0.2, 0.25) is 0 Å². The van der Waals surface area contributed by atoms with Crippen LogP contribution in [0.5, 0.6) is 5.75 Å². The van der Waals surface area contributed by atoms with Crippen LogP contribution in [-0.4, -0.2) is 5.11 Å². The first kappa shape index (κ1) is 17.0. The molecule has 0 spiro atoms. The van der Waals surface area contributed by atoms with Gasteiger partial charge < -0.3 is 5.11 Å². The predicted octanol–water partition coefficient (Wildman–Crippen LogP) is 5.83. The molecule has 0 aromatic heterocycles. The summed E-state index contributed by atoms with van der Waals surface area (Å²) in [7, 11) is 0. The van der Waals surface area contributed by atoms with Gasteiger partial charge in [-0.05, 0) is 34.1 Å². The van der Waals surface area contributed by atoms with Crippen molar-refractivity contribution in [3.63, 3.8) is 0 Å². The molecule has 0 atom stereocenters. The summed E-state index contributed by atoms with van der Waals surface area (Å²) in [6.45, 7) is 13.1. The quantitative estimate of drug-likeness (QED) is 0.708. The van der Waals surface area contributed by atoms with E-state index in [1.165, 1.54) is 5.56 Å². The van der Waals surface area contributed by atoms with Crippen LogP contribution in [0.15, 0.2) is 41.0 Å². The molecule has 0 heterocycles. The summed E-state index contributed by atoms with van der Waals surface area (Å²) in [5.41, 5.74) is 6.51. The van der Waals surface area contributed by atoms with Gasteiger partial charge in [-0.2, -0.15) is 0 Å². The molecule has 0 amide bonds. The van der Waals surface area contributed by atoms with Crippen molar-refractivity contribution in [1.82, 2.24) is 0 Å². The molecule has 22 heavy (non-hydrogen) atoms. The Bertz CT molecular complexity index is 660. The van der Waals surface area contributed by atoms with Gasteiger partial charge in [0.1, 0.15) is 5.75 Å². The highest BCUT2D eigenvalue weighted by Crippen LogP contribution is 2.39. The second-order valence-electron chi connectivity index (χ2n) is 7.85. The molecule has 0 radical (unpaired) electrons. The lowest BCUT2D eigenvalue weighted by Crippen LogP contribution is -2.17. The number of benzene rings is 1. The Kier molecular flexibility index (Phi) is 4.65. The lowest BCUT2D eigenvalue weighted by Gasteiger charge is -2.27. The normalized spacial score (nSPS) is 14.5. The maximum absolute atomic E-state index is 10.7. The first-order chi connectivity index (χ1) is 10.1. The summed E-state index contributed by atoms with van der Waals surface area (Å²) in [5, 5.41) is 10.7. The molecule has 118 valence electrons. The standard InChI is InChI=1S/C20H26OS/c1-19(2,3)15-11-14(13-22-16-9-7-8-10-16)18(21)17(12-15)20(4,5)6/h7-9,11-12,21H,13H2,1-6H3. The maximum atomic E-state index is 10.7. The van der Waals surface area contributed by atoms with Crippen LogP contribution in [0.25, 0.3) is 0 Å². The maximum Gasteiger partial charge on any atom is 0.123 e. The monoisotopic (exact) mass is 314 g/mol. The Morgan fingerprint density at radius 3 is 2.23 bits per heavy atom. The second-order valence-corrected chi connectivity index (χ2v) is 8.87. The van der Waals surface area contributed by atoms with E-state index in [2.05, 4.69) is 65.5 Å². The van der Waals surface area contributed by atoms with Crippen LogP contribution in [0.4, 0.5) is 0 Å². The average molecular weight is 314 g/mol. The Morgan fingerprint density at radius 1 is 1.05 bits per heavy atom. The van der Waals surface area contributed by atoms with Crippen LogP contribution in [0.1, 0.15) is 58.2 Å². The van der Waals surface area contributed by atoms with Crippen molar-refractivity contribution >= 4 is 11.8 Å². The second kappa shape index (κ2) is 6.02. The molecule has 0 fully saturated rings. The molecule has 0 saturated heterocycles. The number of allylic oxidation sites excluding steroid dienone is 2. The third kappa shape index (κ3) is 3.88. The van der Waals surface area contributed by atoms with E-state index in [0.717, 1.165) is 21.8 Å². The summed E-state index contributed by atoms with van der Waals surface area (Å²) in [6.07, 6.45) is 5.97. The summed E-state index contributed by atoms with van der Waals surface area (Å²) < 4.78 is 0. The first-order valence-corrected chi connectivity index (χ1v) is 8.70. The minimum atomic E-state index is -0.0722. The van der Waals surface area contributed by atoms with Crippen LogP contribution >= 0.6 is 11.8 Å². The highest BCUT2D eigenvalue weighted by Gasteiger charge is 2.24. The Hall–Kier alpha value is -1.37. The van der Waals surface area contributed by atoms with Gasteiger partial charge in [-0.3, -0.25) is 0 Å². The zero-order valence-corrected chi connectivity index (χ0v) is 15.3. The molecular weight excluding hydrogens is 288 g/mol. The topological polar surface area (TPSA) is 20.2 Å². The van der Waals surface area contributed by atoms with Crippen molar-refractivity contribution in [2.45, 2.75) is 58.1 Å². The third-order valence-corrected chi connectivity index (χ3v) is 4.84. The first-order valence-electron chi connectivity index (χ1n) is 7.72. The van der Waals surface area contributed by atoms with Gasteiger partial charge in [0.15, 0.2) is 0 Å². The van der Waals surface area contributed by atoms with Crippen LogP contribution in [0, 0.1) is 0 Å². The molecule has 1 aromatic rings. The van der Waals surface area contributed by atoms with E-state index in [0.29, 0.717) is 5.75 Å². The van der Waals surface area contributed by atoms with Crippen LogP contribution in [0.2, 0.25) is 0 Å². The summed E-state index contributed by atoms with van der Waals surface area (Å²) in [4.78, 5) is 1.12. The third-order valence-electron chi connectivity index (χ3n) is 3.82. The zero-order chi connectivity index (χ0) is 16.5. The van der Waals surface area contributed by atoms with Gasteiger partial charge in [-0.25, -0.2) is 0 Å². The van der Waals surface area contributed by atoms with E-state index < -0.39 is 0 Å². The molecular formula is C20H26OS. The number of hydrogen-bond acceptors (Lipinski definition) is 2. The number of hydrogen-bond donors (Lipinski definition) is 1. The van der Waals surface area contributed by atoms with E-state index in [1.54, 1.807) is 11.8 Å². The number of phenols is 1. The molecule has 0 unspecified atom stereocenters. The van der Waals surface area contributed by atoms with E-state index in [9.17, 15) is 5.11 Å². The van der Waals surface area contributed by atoms with E-state index in [1.807, 2.05) is 12.2 Å². The zero-order valence-electron chi connectivity index (χ0n) is 14.4. The van der Waals surface area contributed by atoms with Gasteiger partial charge in [0, 0.05) is 16.2 Å². The van der Waals surface area contributed by atoms with Gasteiger partial charge in [0.05, 0.1) is 0 Å². The SMILES string of the molecule is CC(C)(C)c1cc(CSC2=C=CC=C2)c(O)c(C(C)(C)C)c1. The fourth-order valence-corrected chi connectivity index (χ4v) is 3.23. The fourth-order valence-electron chi connectivity index (χ4n) is 2.37. The van der Waals surface area contributed by atoms with Crippen LogP contribution in [0.3, 0.4) is 0 Å². The minimum absolute atomic E-state index is 0.0690. The van der Waals surface area contributed by atoms with Crippen molar-refractivity contribution in [2.24, 2.45) is 0 Å². The van der Waals surface area contributed by atoms with Crippen molar-refractivity contribution < 1.29 is 5.11 Å². The van der Waals surface area contributed by atoms with Gasteiger partial charge in [-0.15, -0.1) is 17.5 Å². The molecule has 1 nitrogen and oxygen atoms in total. The van der Waals surface area contributed by atoms with Gasteiger partial charge >= 0.3 is 0 Å². The smallest absolute Gasteiger partial charge is 0.123 e. The molecule has 0 bridgehead atoms. The molecule has 2 heteroatoms. The van der Waals surface area contributed by atoms with Crippen molar-refractivity contribution in [1.29, 1.82) is 0 Å². The molecule has 1 aliphatic carbocycles. The minimum Gasteiger partial charge on any atom is -0.507 e. The molecule has 1 aliphatic rings. The van der Waals surface area contributed by atoms with Crippen LogP contribution < -0.4 is 0 Å². The highest BCUT2D eigenvalue weighted by molar-refractivity contribution is 8.02. The fraction of sp³-hybridized carbons (Fsp3) is 0.450. The summed E-state index contributed by atoms with van der Waals surface area (Å²) in [5.74, 6) is 1.21. The number of phenolic OH excluding ortho intramolecular Hbond substituents is 1. The largest absolute Gasteiger partial charge is 0.507 e. The van der Waals surface area contributed by atoms with Crippen LogP contribution in [-0.2, 0) is 16.6 Å². The Balaban J connectivity index is 2.42. The Labute approximate surface area is 138 Å². The molecule has 2 rings (SSSR count). The van der Waals surface area contributed by atoms with Gasteiger partial charge in [-0.1, -0.05) is 59.8 Å². The number of aromatic hydroxyl groups is 1. The average Bonchev–Trinajstić information content (AvgIpc) is 2.87. The summed E-state index contributed by atoms with van der Waals surface area (Å²) >= 11 is 1.72. The molecule has 0 aliphatic heterocycles. The lowest BCUT2D eigenvalue weighted by atomic mass is 9.79. The summed E-state index contributed by atoms with van der Waals surface area (Å²) in [6, 6.07) is 4.32. The molecule has 1 N–H and O–H groups in total. The van der Waals surface area contributed by atoms with Crippen molar-refractivity contribution in [2.75, 3.05) is 0 Å². The lowest BCUT2D eigenvalue weighted by molar-refractivity contribution is 0.440. The number of rotatable bonds is 3. The Morgan fingerprint density at radius 2 is 1.73 bits per heavy atom. The predicted molar refractivity (Wildman–Crippen MR) is 97.5 cm³/mol. The van der Waals surface area contributed by atoms with Crippen molar-refractivity contribution in [3.8, 4) is 5.75 Å². The van der Waals surface area contributed by atoms with Crippen molar-refractivity contribution in [3.05, 3.63) is 57.7 Å². The molecule has 1 aromatic carbocycles. The molecule has 0 saturated carbocycles. The number of thioether (sulfide) groups is 1. The van der Waals surface area contributed by atoms with E-state index in [-0.39, 0.29) is 10.8 Å². The highest BCUT2D eigenvalue weighted by atomic mass is 32.2.